The quantitative estimate of drug-likeness (QED) is 0.158. The first-order valence-electron chi connectivity index (χ1n) is 24.7. The Balaban J connectivity index is 0.000000165. The van der Waals surface area contributed by atoms with Crippen LogP contribution in [0.5, 0.6) is 0 Å². The van der Waals surface area contributed by atoms with Crippen molar-refractivity contribution in [2.75, 3.05) is 0 Å². The number of nitrogens with zero attached hydrogens (tertiary/aromatic N) is 3. The van der Waals surface area contributed by atoms with Crippen LogP contribution in [0.3, 0.4) is 0 Å². The van der Waals surface area contributed by atoms with Crippen molar-refractivity contribution in [3.8, 4) is 33.8 Å². The van der Waals surface area contributed by atoms with Gasteiger partial charge >= 0.3 is 0 Å². The van der Waals surface area contributed by atoms with Crippen LogP contribution < -0.4 is 13.7 Å². The Morgan fingerprint density at radius 3 is 1.76 bits per heavy atom. The van der Waals surface area contributed by atoms with Gasteiger partial charge in [0.1, 0.15) is 21.1 Å². The normalized spacial score (nSPS) is 16.4. The van der Waals surface area contributed by atoms with Gasteiger partial charge in [-0.3, -0.25) is 0 Å². The number of hydrogen-bond acceptors (Lipinski definition) is 0. The van der Waals surface area contributed by atoms with Crippen molar-refractivity contribution in [1.82, 2.24) is 0 Å². The van der Waals surface area contributed by atoms with Gasteiger partial charge in [0.05, 0.1) is 0 Å². The van der Waals surface area contributed by atoms with Crippen molar-refractivity contribution in [2.45, 2.75) is 126 Å². The SMILES string of the molecule is Cc1ccc(-c2c3c(cc[n+]2C)CCCC3)c(C)c1.Cc1ccc(-c2cc3c(c[n+]2C)CCCC3)c(C)c1.[2H]C([2H])([2H])c1c[n+](C)c(-c2ccc(C([2H])(C)C([2H])([2H])[2H])cc2C)c(C)c1C. The molecule has 3 heterocycles. The summed E-state index contributed by atoms with van der Waals surface area (Å²) in [4.78, 5) is 0. The molecule has 58 heavy (non-hydrogen) atoms. The molecule has 0 radical (unpaired) electrons. The summed E-state index contributed by atoms with van der Waals surface area (Å²) < 4.78 is 60.7. The third-order valence-corrected chi connectivity index (χ3v) is 12.5. The summed E-state index contributed by atoms with van der Waals surface area (Å²) in [6.45, 7) is 11.1. The highest BCUT2D eigenvalue weighted by Crippen LogP contribution is 2.32. The molecule has 1 atom stereocenters. The van der Waals surface area contributed by atoms with Gasteiger partial charge in [-0.05, 0) is 170 Å². The number of pyridine rings is 3. The Kier molecular flexibility index (Phi) is 10.8. The predicted octanol–water partition coefficient (Wildman–Crippen LogP) is 11.9. The number of aryl methyl sites for hydroxylation is 12. The minimum atomic E-state index is -2.43. The average molecular weight is 780 g/mol. The number of rotatable bonds is 4. The van der Waals surface area contributed by atoms with Crippen LogP contribution in [0.25, 0.3) is 33.8 Å². The number of aromatic nitrogens is 3. The van der Waals surface area contributed by atoms with Gasteiger partial charge in [-0.25, -0.2) is 13.7 Å². The Bertz CT molecular complexity index is 2720. The van der Waals surface area contributed by atoms with Crippen molar-refractivity contribution in [1.29, 1.82) is 0 Å². The third-order valence-electron chi connectivity index (χ3n) is 12.5. The largest absolute Gasteiger partial charge is 0.216 e. The van der Waals surface area contributed by atoms with Crippen molar-refractivity contribution >= 4 is 0 Å². The van der Waals surface area contributed by atoms with Crippen LogP contribution >= 0.6 is 0 Å². The average Bonchev–Trinajstić information content (AvgIpc) is 3.23. The lowest BCUT2D eigenvalue weighted by atomic mass is 9.87. The highest BCUT2D eigenvalue weighted by Gasteiger charge is 2.24. The first-order chi connectivity index (χ1) is 30.4. The fourth-order valence-corrected chi connectivity index (χ4v) is 9.06. The summed E-state index contributed by atoms with van der Waals surface area (Å²) in [5, 5.41) is 0. The van der Waals surface area contributed by atoms with Crippen LogP contribution in [-0.4, -0.2) is 0 Å². The van der Waals surface area contributed by atoms with E-state index in [-0.39, 0.29) is 0 Å². The van der Waals surface area contributed by atoms with E-state index in [9.17, 15) is 0 Å². The van der Waals surface area contributed by atoms with Gasteiger partial charge in [0.25, 0.3) is 0 Å². The monoisotopic (exact) mass is 780 g/mol. The second-order valence-electron chi connectivity index (χ2n) is 17.1. The lowest BCUT2D eigenvalue weighted by molar-refractivity contribution is -0.661. The molecule has 3 nitrogen and oxygen atoms in total. The molecular weight excluding hydrogens is 703 g/mol. The molecule has 2 aliphatic carbocycles. The van der Waals surface area contributed by atoms with E-state index in [1.165, 1.54) is 103 Å². The van der Waals surface area contributed by atoms with E-state index in [0.717, 1.165) is 27.9 Å². The zero-order chi connectivity index (χ0) is 47.8. The van der Waals surface area contributed by atoms with E-state index >= 15 is 0 Å². The molecule has 0 spiro atoms. The molecular formula is C55H70N3+3. The molecule has 0 N–H and O–H groups in total. The first-order valence-corrected chi connectivity index (χ1v) is 21.2. The summed E-state index contributed by atoms with van der Waals surface area (Å²) in [7, 11) is 6.15. The van der Waals surface area contributed by atoms with Crippen LogP contribution in [0.2, 0.25) is 0 Å². The van der Waals surface area contributed by atoms with Crippen molar-refractivity contribution in [3.05, 3.63) is 158 Å². The van der Waals surface area contributed by atoms with Gasteiger partial charge in [-0.2, -0.15) is 0 Å². The predicted molar refractivity (Wildman–Crippen MR) is 244 cm³/mol. The first kappa shape index (κ1) is 34.0. The molecule has 0 aliphatic heterocycles. The van der Waals surface area contributed by atoms with Crippen LogP contribution in [0.1, 0.15) is 127 Å². The maximum Gasteiger partial charge on any atom is 0.216 e. The van der Waals surface area contributed by atoms with E-state index in [1.807, 2.05) is 19.9 Å². The molecule has 2 aliphatic rings. The molecule has 3 heteroatoms. The zero-order valence-corrected chi connectivity index (χ0v) is 37.1. The van der Waals surface area contributed by atoms with Gasteiger partial charge in [-0.15, -0.1) is 0 Å². The van der Waals surface area contributed by atoms with E-state index in [4.69, 9.17) is 9.60 Å². The molecule has 0 saturated heterocycles. The van der Waals surface area contributed by atoms with Crippen molar-refractivity contribution in [2.24, 2.45) is 21.1 Å². The van der Waals surface area contributed by atoms with Gasteiger partial charge in [-0.1, -0.05) is 61.3 Å². The molecule has 3 aromatic heterocycles. The second kappa shape index (κ2) is 18.4. The van der Waals surface area contributed by atoms with Crippen LogP contribution in [0, 0.1) is 55.3 Å². The molecule has 8 rings (SSSR count). The minimum absolute atomic E-state index is 0.321. The summed E-state index contributed by atoms with van der Waals surface area (Å²) in [6, 6.07) is 23.5. The highest BCUT2D eigenvalue weighted by atomic mass is 14.9. The number of fused-ring (bicyclic) bond motifs is 2. The van der Waals surface area contributed by atoms with E-state index in [2.05, 4.69) is 112 Å². The third kappa shape index (κ3) is 9.36. The molecule has 302 valence electrons. The number of benzene rings is 3. The van der Waals surface area contributed by atoms with Gasteiger partial charge < -0.3 is 0 Å². The Hall–Kier alpha value is -4.89. The Morgan fingerprint density at radius 2 is 1.12 bits per heavy atom. The van der Waals surface area contributed by atoms with E-state index < -0.39 is 19.6 Å². The number of hydrogen-bond donors (Lipinski definition) is 0. The Morgan fingerprint density at radius 1 is 0.534 bits per heavy atom. The topological polar surface area (TPSA) is 11.6 Å². The molecule has 0 saturated carbocycles. The summed E-state index contributed by atoms with van der Waals surface area (Å²) in [5.74, 6) is -1.70. The summed E-state index contributed by atoms with van der Waals surface area (Å²) in [6.07, 6.45) is 16.5. The Labute approximate surface area is 361 Å². The van der Waals surface area contributed by atoms with E-state index in [1.54, 1.807) is 59.1 Å². The molecule has 0 fully saturated rings. The molecule has 1 unspecified atom stereocenters. The van der Waals surface area contributed by atoms with Crippen LogP contribution in [-0.2, 0) is 46.8 Å². The molecule has 0 bridgehead atoms. The maximum absolute atomic E-state index is 8.28. The molecule has 6 aromatic rings. The van der Waals surface area contributed by atoms with Gasteiger partial charge in [0.15, 0.2) is 18.6 Å². The van der Waals surface area contributed by atoms with Gasteiger partial charge in [0, 0.05) is 60.7 Å². The molecule has 3 aromatic carbocycles. The fourth-order valence-electron chi connectivity index (χ4n) is 9.06. The summed E-state index contributed by atoms with van der Waals surface area (Å²) >= 11 is 0. The lowest BCUT2D eigenvalue weighted by Crippen LogP contribution is -2.33. The summed E-state index contributed by atoms with van der Waals surface area (Å²) in [5.41, 5.74) is 22.1. The van der Waals surface area contributed by atoms with Crippen LogP contribution in [0.15, 0.2) is 85.3 Å². The van der Waals surface area contributed by atoms with Crippen molar-refractivity contribution in [3.63, 3.8) is 0 Å². The maximum atomic E-state index is 8.28. The fraction of sp³-hybridized carbons (Fsp3) is 0.400. The molecule has 0 amide bonds. The van der Waals surface area contributed by atoms with Gasteiger partial charge in [0.2, 0.25) is 17.1 Å². The minimum Gasteiger partial charge on any atom is -0.201 e. The lowest BCUT2D eigenvalue weighted by Gasteiger charge is -2.18. The van der Waals surface area contributed by atoms with Crippen molar-refractivity contribution < 1.29 is 23.3 Å². The smallest absolute Gasteiger partial charge is 0.201 e. The second-order valence-corrected chi connectivity index (χ2v) is 17.1. The standard InChI is InChI=1S/C19H26N.2C18H22N/c1-12(2)17-8-9-18(13(3)10-17)19-16(6)15(5)14(4)11-20(19)7;1-13-8-9-17(14(2)10-13)18-11-15-6-4-5-7-16(15)12-19(18)3;1-13-8-9-16(14(2)12-13)18-17-7-5-4-6-15(17)10-11-19(18)3/h8-12H,1-7H3;2*8-12H,4-7H2,1-3H3/q3*+1/i1D3,4D3,12D;;. The van der Waals surface area contributed by atoms with E-state index in [0.29, 0.717) is 11.1 Å². The van der Waals surface area contributed by atoms with Crippen LogP contribution in [0.4, 0.5) is 0 Å². The zero-order valence-electron chi connectivity index (χ0n) is 44.1. The highest BCUT2D eigenvalue weighted by molar-refractivity contribution is 5.67.